The minimum Gasteiger partial charge on any atom is -0.497 e. The molecule has 0 fully saturated rings. The van der Waals surface area contributed by atoms with E-state index in [4.69, 9.17) is 9.47 Å². The average molecular weight is 285 g/mol. The van der Waals surface area contributed by atoms with Crippen LogP contribution in [0.4, 0.5) is 11.5 Å². The highest BCUT2D eigenvalue weighted by atomic mass is 16.5. The van der Waals surface area contributed by atoms with E-state index in [0.717, 1.165) is 22.5 Å². The van der Waals surface area contributed by atoms with E-state index >= 15 is 0 Å². The predicted molar refractivity (Wildman–Crippen MR) is 79.1 cm³/mol. The number of ether oxygens (including phenoxy) is 2. The van der Waals surface area contributed by atoms with E-state index in [1.165, 1.54) is 6.33 Å². The Bertz CT molecular complexity index is 784. The number of hydrogen-bond donors (Lipinski definition) is 1. The van der Waals surface area contributed by atoms with Crippen LogP contribution >= 0.6 is 0 Å². The standard InChI is InChI=1S/C14H15N5O2/c1-19-14-10(7-17-19)13(15-8-16-14)18-11-5-4-9(20-2)6-12(11)21-3/h4-8H,1-3H3,(H,15,16,18). The lowest BCUT2D eigenvalue weighted by Crippen LogP contribution is -1.99. The molecule has 0 unspecified atom stereocenters. The number of rotatable bonds is 4. The zero-order chi connectivity index (χ0) is 14.8. The molecular formula is C14H15N5O2. The molecule has 0 aliphatic heterocycles. The van der Waals surface area contributed by atoms with Crippen LogP contribution in [-0.4, -0.2) is 34.0 Å². The van der Waals surface area contributed by atoms with Crippen molar-refractivity contribution < 1.29 is 9.47 Å². The van der Waals surface area contributed by atoms with Crippen molar-refractivity contribution in [1.29, 1.82) is 0 Å². The van der Waals surface area contributed by atoms with Crippen LogP contribution in [-0.2, 0) is 7.05 Å². The minimum absolute atomic E-state index is 0.671. The lowest BCUT2D eigenvalue weighted by molar-refractivity contribution is 0.395. The van der Waals surface area contributed by atoms with Crippen LogP contribution in [0.25, 0.3) is 11.0 Å². The summed E-state index contributed by atoms with van der Waals surface area (Å²) in [6.07, 6.45) is 3.23. The second kappa shape index (κ2) is 5.28. The summed E-state index contributed by atoms with van der Waals surface area (Å²) in [6.45, 7) is 0. The van der Waals surface area contributed by atoms with Crippen molar-refractivity contribution in [2.75, 3.05) is 19.5 Å². The SMILES string of the molecule is COc1ccc(Nc2ncnc3c2cnn3C)c(OC)c1. The van der Waals surface area contributed by atoms with Gasteiger partial charge in [0.15, 0.2) is 5.65 Å². The molecule has 0 aliphatic carbocycles. The zero-order valence-electron chi connectivity index (χ0n) is 12.0. The topological polar surface area (TPSA) is 74.1 Å². The molecule has 21 heavy (non-hydrogen) atoms. The van der Waals surface area contributed by atoms with Gasteiger partial charge in [-0.2, -0.15) is 5.10 Å². The molecule has 0 bridgehead atoms. The Morgan fingerprint density at radius 2 is 2.00 bits per heavy atom. The second-order valence-electron chi connectivity index (χ2n) is 4.42. The third-order valence-corrected chi connectivity index (χ3v) is 3.19. The van der Waals surface area contributed by atoms with Gasteiger partial charge in [0.05, 0.1) is 31.5 Å². The van der Waals surface area contributed by atoms with Gasteiger partial charge >= 0.3 is 0 Å². The normalized spacial score (nSPS) is 10.6. The van der Waals surface area contributed by atoms with Crippen LogP contribution in [0.2, 0.25) is 0 Å². The molecule has 2 aromatic heterocycles. The Morgan fingerprint density at radius 1 is 1.14 bits per heavy atom. The lowest BCUT2D eigenvalue weighted by atomic mass is 10.2. The molecule has 108 valence electrons. The quantitative estimate of drug-likeness (QED) is 0.791. The van der Waals surface area contributed by atoms with Crippen LogP contribution < -0.4 is 14.8 Å². The van der Waals surface area contributed by atoms with Crippen molar-refractivity contribution in [1.82, 2.24) is 19.7 Å². The Morgan fingerprint density at radius 3 is 2.76 bits per heavy atom. The fraction of sp³-hybridized carbons (Fsp3) is 0.214. The van der Waals surface area contributed by atoms with Gasteiger partial charge in [0, 0.05) is 13.1 Å². The van der Waals surface area contributed by atoms with Crippen LogP contribution in [0.5, 0.6) is 11.5 Å². The first-order chi connectivity index (χ1) is 10.2. The summed E-state index contributed by atoms with van der Waals surface area (Å²) < 4.78 is 12.3. The molecule has 7 nitrogen and oxygen atoms in total. The molecular weight excluding hydrogens is 270 g/mol. The third-order valence-electron chi connectivity index (χ3n) is 3.19. The van der Waals surface area contributed by atoms with Gasteiger partial charge in [0.1, 0.15) is 23.6 Å². The van der Waals surface area contributed by atoms with Crippen LogP contribution in [0.1, 0.15) is 0 Å². The average Bonchev–Trinajstić information content (AvgIpc) is 2.90. The molecule has 1 aromatic carbocycles. The molecule has 7 heteroatoms. The maximum absolute atomic E-state index is 5.37. The first-order valence-corrected chi connectivity index (χ1v) is 6.34. The smallest absolute Gasteiger partial charge is 0.163 e. The monoisotopic (exact) mass is 285 g/mol. The summed E-state index contributed by atoms with van der Waals surface area (Å²) in [4.78, 5) is 8.48. The van der Waals surface area contributed by atoms with Crippen molar-refractivity contribution in [3.05, 3.63) is 30.7 Å². The molecule has 0 saturated heterocycles. The van der Waals surface area contributed by atoms with Crippen LogP contribution in [0.15, 0.2) is 30.7 Å². The fourth-order valence-electron chi connectivity index (χ4n) is 2.09. The highest BCUT2D eigenvalue weighted by Crippen LogP contribution is 2.32. The third kappa shape index (κ3) is 2.33. The molecule has 0 spiro atoms. The molecule has 3 aromatic rings. The number of aromatic nitrogens is 4. The number of fused-ring (bicyclic) bond motifs is 1. The van der Waals surface area contributed by atoms with Gasteiger partial charge in [-0.05, 0) is 12.1 Å². The first kappa shape index (κ1) is 13.2. The van der Waals surface area contributed by atoms with E-state index in [2.05, 4.69) is 20.4 Å². The fourth-order valence-corrected chi connectivity index (χ4v) is 2.09. The number of hydrogen-bond acceptors (Lipinski definition) is 6. The Labute approximate surface area is 121 Å². The molecule has 0 atom stereocenters. The van der Waals surface area contributed by atoms with Gasteiger partial charge in [-0.3, -0.25) is 4.68 Å². The molecule has 0 radical (unpaired) electrons. The van der Waals surface area contributed by atoms with E-state index in [9.17, 15) is 0 Å². The summed E-state index contributed by atoms with van der Waals surface area (Å²) in [7, 11) is 5.07. The minimum atomic E-state index is 0.671. The number of nitrogens with one attached hydrogen (secondary N) is 1. The Hall–Kier alpha value is -2.83. The summed E-state index contributed by atoms with van der Waals surface area (Å²) in [5.41, 5.74) is 1.56. The first-order valence-electron chi connectivity index (χ1n) is 6.34. The van der Waals surface area contributed by atoms with E-state index < -0.39 is 0 Å². The summed E-state index contributed by atoms with van der Waals surface area (Å²) >= 11 is 0. The Balaban J connectivity index is 2.02. The van der Waals surface area contributed by atoms with Crippen LogP contribution in [0, 0.1) is 0 Å². The molecule has 0 saturated carbocycles. The maximum atomic E-state index is 5.37. The maximum Gasteiger partial charge on any atom is 0.163 e. The highest BCUT2D eigenvalue weighted by molar-refractivity contribution is 5.88. The van der Waals surface area contributed by atoms with E-state index in [1.54, 1.807) is 25.1 Å². The molecule has 1 N–H and O–H groups in total. The largest absolute Gasteiger partial charge is 0.497 e. The lowest BCUT2D eigenvalue weighted by Gasteiger charge is -2.12. The summed E-state index contributed by atoms with van der Waals surface area (Å²) in [5.74, 6) is 2.08. The van der Waals surface area contributed by atoms with E-state index in [-0.39, 0.29) is 0 Å². The van der Waals surface area contributed by atoms with Crippen molar-refractivity contribution in [3.8, 4) is 11.5 Å². The van der Waals surface area contributed by atoms with Gasteiger partial charge in [-0.1, -0.05) is 0 Å². The van der Waals surface area contributed by atoms with Crippen molar-refractivity contribution in [2.45, 2.75) is 0 Å². The van der Waals surface area contributed by atoms with Gasteiger partial charge in [0.25, 0.3) is 0 Å². The highest BCUT2D eigenvalue weighted by Gasteiger charge is 2.11. The van der Waals surface area contributed by atoms with Crippen LogP contribution in [0.3, 0.4) is 0 Å². The second-order valence-corrected chi connectivity index (χ2v) is 4.42. The summed E-state index contributed by atoms with van der Waals surface area (Å²) in [5, 5.41) is 8.28. The molecule has 0 amide bonds. The number of methoxy groups -OCH3 is 2. The predicted octanol–water partition coefficient (Wildman–Crippen LogP) is 2.12. The number of nitrogens with zero attached hydrogens (tertiary/aromatic N) is 4. The van der Waals surface area contributed by atoms with Crippen molar-refractivity contribution >= 4 is 22.5 Å². The van der Waals surface area contributed by atoms with Gasteiger partial charge in [-0.15, -0.1) is 0 Å². The molecule has 2 heterocycles. The van der Waals surface area contributed by atoms with Gasteiger partial charge in [-0.25, -0.2) is 9.97 Å². The van der Waals surface area contributed by atoms with Crippen molar-refractivity contribution in [2.24, 2.45) is 7.05 Å². The van der Waals surface area contributed by atoms with E-state index in [0.29, 0.717) is 11.6 Å². The Kier molecular flexibility index (Phi) is 3.31. The zero-order valence-corrected chi connectivity index (χ0v) is 12.0. The number of anilines is 2. The summed E-state index contributed by atoms with van der Waals surface area (Å²) in [6, 6.07) is 5.54. The van der Waals surface area contributed by atoms with Crippen molar-refractivity contribution in [3.63, 3.8) is 0 Å². The van der Waals surface area contributed by atoms with Gasteiger partial charge < -0.3 is 14.8 Å². The number of aryl methyl sites for hydroxylation is 1. The van der Waals surface area contributed by atoms with E-state index in [1.807, 2.05) is 25.2 Å². The number of benzene rings is 1. The molecule has 3 rings (SSSR count). The van der Waals surface area contributed by atoms with Gasteiger partial charge in [0.2, 0.25) is 0 Å². The molecule has 0 aliphatic rings.